The fourth-order valence-corrected chi connectivity index (χ4v) is 6.79. The molecule has 5 rings (SSSR count). The van der Waals surface area contributed by atoms with Gasteiger partial charge in [-0.05, 0) is 86.9 Å². The third kappa shape index (κ3) is 7.96. The molecule has 1 atom stereocenters. The fraction of sp³-hybridized carbons (Fsp3) is 0.600. The molecule has 218 valence electrons. The largest absolute Gasteiger partial charge is 0.573 e. The second-order valence-electron chi connectivity index (χ2n) is 11.2. The lowest BCUT2D eigenvalue weighted by atomic mass is 9.72. The zero-order chi connectivity index (χ0) is 25.9. The van der Waals surface area contributed by atoms with Crippen LogP contribution in [0.15, 0.2) is 48.5 Å². The summed E-state index contributed by atoms with van der Waals surface area (Å²) in [5.74, 6) is 0.0393. The zero-order valence-corrected chi connectivity index (χ0v) is 24.0. The molecule has 0 radical (unpaired) electrons. The molecule has 2 heterocycles. The second kappa shape index (κ2) is 13.8. The summed E-state index contributed by atoms with van der Waals surface area (Å²) in [6.07, 6.45) is 4.22. The monoisotopic (exact) mass is 588 g/mol. The minimum absolute atomic E-state index is 0. The minimum Gasteiger partial charge on any atom is -0.406 e. The van der Waals surface area contributed by atoms with E-state index in [1.807, 2.05) is 6.07 Å². The van der Waals surface area contributed by atoms with Crippen LogP contribution in [0, 0.1) is 0 Å². The lowest BCUT2D eigenvalue weighted by molar-refractivity contribution is -0.274. The maximum Gasteiger partial charge on any atom is 0.573 e. The first-order valence-electron chi connectivity index (χ1n) is 14.0. The molecular formula is C30H41Cl2F3N2O2. The lowest BCUT2D eigenvalue weighted by Crippen LogP contribution is -2.46. The van der Waals surface area contributed by atoms with Crippen molar-refractivity contribution in [1.29, 1.82) is 0 Å². The molecule has 1 N–H and O–H groups in total. The number of benzene rings is 2. The second-order valence-corrected chi connectivity index (χ2v) is 11.2. The zero-order valence-electron chi connectivity index (χ0n) is 22.4. The van der Waals surface area contributed by atoms with Gasteiger partial charge in [0.1, 0.15) is 5.75 Å². The lowest BCUT2D eigenvalue weighted by Gasteiger charge is -2.43. The Morgan fingerprint density at radius 1 is 0.872 bits per heavy atom. The summed E-state index contributed by atoms with van der Waals surface area (Å²) in [5.41, 5.74) is 2.65. The number of rotatable bonds is 7. The molecule has 0 aromatic heterocycles. The van der Waals surface area contributed by atoms with Gasteiger partial charge in [0.2, 0.25) is 0 Å². The number of halogens is 5. The van der Waals surface area contributed by atoms with E-state index < -0.39 is 12.0 Å². The van der Waals surface area contributed by atoms with Crippen molar-refractivity contribution < 1.29 is 23.0 Å². The SMILES string of the molecule is Cl.Cl.OC1([C@H](CN2CCC(c3ccccc3N3CCCC3)CC2)c2cccc(OC(F)(F)F)c2)CCCCC1. The van der Waals surface area contributed by atoms with E-state index in [0.717, 1.165) is 63.8 Å². The standard InChI is InChI=1S/C30H39F3N2O2.2ClH/c31-30(32,33)37-25-10-8-9-24(21-25)27(29(36)15-4-1-5-16-29)22-34-19-13-23(14-20-34)26-11-2-3-12-28(26)35-17-6-7-18-35;;/h2-3,8-12,21,23,27,36H,1,4-7,13-20,22H2;2*1H/t27-;;/m1../s1. The van der Waals surface area contributed by atoms with Crippen LogP contribution in [0.2, 0.25) is 0 Å². The predicted molar refractivity (Wildman–Crippen MR) is 155 cm³/mol. The molecule has 2 aromatic rings. The quantitative estimate of drug-likeness (QED) is 0.359. The van der Waals surface area contributed by atoms with Gasteiger partial charge in [0, 0.05) is 31.2 Å². The number of para-hydroxylation sites is 1. The van der Waals surface area contributed by atoms with Crippen molar-refractivity contribution in [2.75, 3.05) is 37.6 Å². The van der Waals surface area contributed by atoms with Crippen LogP contribution in [0.4, 0.5) is 18.9 Å². The molecule has 0 unspecified atom stereocenters. The summed E-state index contributed by atoms with van der Waals surface area (Å²) in [6, 6.07) is 15.1. The summed E-state index contributed by atoms with van der Waals surface area (Å²) >= 11 is 0. The summed E-state index contributed by atoms with van der Waals surface area (Å²) in [5, 5.41) is 11.7. The molecule has 0 spiro atoms. The van der Waals surface area contributed by atoms with E-state index in [1.54, 1.807) is 6.07 Å². The molecule has 2 aromatic carbocycles. The van der Waals surface area contributed by atoms with Gasteiger partial charge in [0.25, 0.3) is 0 Å². The number of hydrogen-bond donors (Lipinski definition) is 1. The Morgan fingerprint density at radius 3 is 2.21 bits per heavy atom. The molecule has 2 aliphatic heterocycles. The molecule has 0 bridgehead atoms. The van der Waals surface area contributed by atoms with Crippen LogP contribution in [-0.2, 0) is 0 Å². The van der Waals surface area contributed by atoms with E-state index in [0.29, 0.717) is 25.3 Å². The number of anilines is 1. The van der Waals surface area contributed by atoms with Crippen LogP contribution in [0.1, 0.15) is 80.8 Å². The number of nitrogens with zero attached hydrogens (tertiary/aromatic N) is 2. The molecule has 0 amide bonds. The van der Waals surface area contributed by atoms with Crippen LogP contribution in [0.25, 0.3) is 0 Å². The van der Waals surface area contributed by atoms with E-state index in [9.17, 15) is 18.3 Å². The van der Waals surface area contributed by atoms with E-state index in [2.05, 4.69) is 38.8 Å². The van der Waals surface area contributed by atoms with Gasteiger partial charge >= 0.3 is 6.36 Å². The van der Waals surface area contributed by atoms with Gasteiger partial charge in [0.05, 0.1) is 5.60 Å². The highest BCUT2D eigenvalue weighted by Gasteiger charge is 2.41. The number of hydrogen-bond acceptors (Lipinski definition) is 4. The maximum absolute atomic E-state index is 12.9. The first-order valence-corrected chi connectivity index (χ1v) is 14.0. The third-order valence-corrected chi connectivity index (χ3v) is 8.71. The van der Waals surface area contributed by atoms with Crippen LogP contribution >= 0.6 is 24.8 Å². The topological polar surface area (TPSA) is 35.9 Å². The van der Waals surface area contributed by atoms with E-state index in [4.69, 9.17) is 0 Å². The molecule has 9 heteroatoms. The Kier molecular flexibility index (Phi) is 11.3. The van der Waals surface area contributed by atoms with Gasteiger partial charge in [-0.3, -0.25) is 0 Å². The molecule has 1 saturated carbocycles. The molecule has 39 heavy (non-hydrogen) atoms. The molecule has 1 aliphatic carbocycles. The Hall–Kier alpha value is -1.67. The van der Waals surface area contributed by atoms with E-state index in [-0.39, 0.29) is 36.5 Å². The van der Waals surface area contributed by atoms with Crippen LogP contribution in [-0.4, -0.2) is 54.7 Å². The van der Waals surface area contributed by atoms with Crippen molar-refractivity contribution in [3.05, 3.63) is 59.7 Å². The Balaban J connectivity index is 0.00000210. The van der Waals surface area contributed by atoms with Crippen molar-refractivity contribution in [2.24, 2.45) is 0 Å². The van der Waals surface area contributed by atoms with Crippen molar-refractivity contribution in [1.82, 2.24) is 4.90 Å². The smallest absolute Gasteiger partial charge is 0.406 e. The highest BCUT2D eigenvalue weighted by atomic mass is 35.5. The Labute approximate surface area is 242 Å². The molecule has 2 saturated heterocycles. The summed E-state index contributed by atoms with van der Waals surface area (Å²) in [7, 11) is 0. The number of ether oxygens (including phenoxy) is 1. The summed E-state index contributed by atoms with van der Waals surface area (Å²) in [4.78, 5) is 4.93. The number of piperidine rings is 1. The van der Waals surface area contributed by atoms with Crippen molar-refractivity contribution in [2.45, 2.75) is 81.6 Å². The maximum atomic E-state index is 12.9. The number of likely N-dealkylation sites (tertiary alicyclic amines) is 1. The van der Waals surface area contributed by atoms with Gasteiger partial charge < -0.3 is 19.6 Å². The summed E-state index contributed by atoms with van der Waals surface area (Å²) < 4.78 is 42.9. The fourth-order valence-electron chi connectivity index (χ4n) is 6.79. The van der Waals surface area contributed by atoms with Crippen LogP contribution in [0.5, 0.6) is 5.75 Å². The Morgan fingerprint density at radius 2 is 1.54 bits per heavy atom. The molecule has 3 aliphatic rings. The average molecular weight is 590 g/mol. The van der Waals surface area contributed by atoms with Crippen LogP contribution in [0.3, 0.4) is 0 Å². The first-order chi connectivity index (χ1) is 17.8. The van der Waals surface area contributed by atoms with Gasteiger partial charge in [-0.25, -0.2) is 0 Å². The Bertz CT molecular complexity index is 1030. The van der Waals surface area contributed by atoms with Gasteiger partial charge in [-0.2, -0.15) is 0 Å². The highest BCUT2D eigenvalue weighted by molar-refractivity contribution is 5.85. The average Bonchev–Trinajstić information content (AvgIpc) is 3.42. The van der Waals surface area contributed by atoms with Crippen molar-refractivity contribution >= 4 is 30.5 Å². The van der Waals surface area contributed by atoms with Gasteiger partial charge in [-0.1, -0.05) is 49.6 Å². The van der Waals surface area contributed by atoms with Gasteiger partial charge in [0.15, 0.2) is 0 Å². The summed E-state index contributed by atoms with van der Waals surface area (Å²) in [6.45, 7) is 4.75. The first kappa shape index (κ1) is 31.9. The minimum atomic E-state index is -4.73. The highest BCUT2D eigenvalue weighted by Crippen LogP contribution is 2.43. The van der Waals surface area contributed by atoms with Crippen molar-refractivity contribution in [3.63, 3.8) is 0 Å². The molecular weight excluding hydrogens is 548 g/mol. The number of aliphatic hydroxyl groups is 1. The third-order valence-electron chi connectivity index (χ3n) is 8.71. The molecule has 4 nitrogen and oxygen atoms in total. The predicted octanol–water partition coefficient (Wildman–Crippen LogP) is 7.69. The molecule has 3 fully saturated rings. The van der Waals surface area contributed by atoms with Gasteiger partial charge in [-0.15, -0.1) is 38.0 Å². The number of alkyl halides is 3. The van der Waals surface area contributed by atoms with Crippen LogP contribution < -0.4 is 9.64 Å². The van der Waals surface area contributed by atoms with E-state index in [1.165, 1.54) is 36.2 Å². The normalized spacial score (nSPS) is 21.1. The van der Waals surface area contributed by atoms with E-state index >= 15 is 0 Å². The van der Waals surface area contributed by atoms with Crippen molar-refractivity contribution in [3.8, 4) is 5.75 Å².